The third-order valence-corrected chi connectivity index (χ3v) is 5.70. The van der Waals surface area contributed by atoms with Gasteiger partial charge in [-0.15, -0.1) is 11.3 Å². The van der Waals surface area contributed by atoms with E-state index in [4.69, 9.17) is 5.11 Å². The minimum atomic E-state index is -0.0355. The van der Waals surface area contributed by atoms with Crippen LogP contribution in [0.3, 0.4) is 0 Å². The molecule has 1 aromatic heterocycles. The zero-order chi connectivity index (χ0) is 18.2. The largest absolute Gasteiger partial charge is 0.392 e. The zero-order valence-electron chi connectivity index (χ0n) is 14.9. The van der Waals surface area contributed by atoms with E-state index in [-0.39, 0.29) is 18.6 Å². The highest BCUT2D eigenvalue weighted by Crippen LogP contribution is 2.16. The van der Waals surface area contributed by atoms with Gasteiger partial charge in [0.15, 0.2) is 0 Å². The highest BCUT2D eigenvalue weighted by molar-refractivity contribution is 7.11. The molecule has 2 heterocycles. The molecule has 0 atom stereocenters. The summed E-state index contributed by atoms with van der Waals surface area (Å²) in [6, 6.07) is 12.7. The van der Waals surface area contributed by atoms with Crippen molar-refractivity contribution >= 4 is 23.3 Å². The number of nitrogens with one attached hydrogen (secondary N) is 1. The number of hydrogen-bond acceptors (Lipinski definition) is 4. The predicted molar refractivity (Wildman–Crippen MR) is 107 cm³/mol. The Balaban J connectivity index is 1.37. The van der Waals surface area contributed by atoms with Gasteiger partial charge in [-0.05, 0) is 47.9 Å². The van der Waals surface area contributed by atoms with E-state index in [1.165, 1.54) is 16.9 Å². The van der Waals surface area contributed by atoms with Crippen LogP contribution in [0.15, 0.2) is 47.9 Å². The molecule has 0 radical (unpaired) electrons. The lowest BCUT2D eigenvalue weighted by Gasteiger charge is -2.32. The number of likely N-dealkylation sites (tertiary alicyclic amines) is 1. The van der Waals surface area contributed by atoms with Crippen molar-refractivity contribution in [2.45, 2.75) is 31.9 Å². The maximum absolute atomic E-state index is 12.1. The minimum absolute atomic E-state index is 0.0355. The Kier molecular flexibility index (Phi) is 7.00. The molecule has 0 unspecified atom stereocenters. The van der Waals surface area contributed by atoms with Crippen molar-refractivity contribution < 1.29 is 9.90 Å². The Hall–Kier alpha value is -1.95. The summed E-state index contributed by atoms with van der Waals surface area (Å²) in [7, 11) is 0. The van der Waals surface area contributed by atoms with Gasteiger partial charge in [0, 0.05) is 36.6 Å². The first-order chi connectivity index (χ1) is 12.7. The minimum Gasteiger partial charge on any atom is -0.392 e. The Morgan fingerprint density at radius 3 is 2.69 bits per heavy atom. The molecule has 1 aliphatic heterocycles. The smallest absolute Gasteiger partial charge is 0.244 e. The molecule has 1 aliphatic rings. The van der Waals surface area contributed by atoms with Crippen LogP contribution in [0.5, 0.6) is 0 Å². The topological polar surface area (TPSA) is 52.6 Å². The summed E-state index contributed by atoms with van der Waals surface area (Å²) in [6.07, 6.45) is 6.49. The lowest BCUT2D eigenvalue weighted by Crippen LogP contribution is -2.44. The van der Waals surface area contributed by atoms with E-state index in [0.29, 0.717) is 0 Å². The molecule has 0 saturated carbocycles. The molecule has 3 rings (SSSR count). The average Bonchev–Trinajstić information content (AvgIpc) is 3.15. The van der Waals surface area contributed by atoms with E-state index >= 15 is 0 Å². The highest BCUT2D eigenvalue weighted by Gasteiger charge is 2.19. The fraction of sp³-hybridized carbons (Fsp3) is 0.381. The van der Waals surface area contributed by atoms with E-state index < -0.39 is 0 Å². The van der Waals surface area contributed by atoms with Crippen LogP contribution in [0.4, 0.5) is 0 Å². The van der Waals surface area contributed by atoms with Gasteiger partial charge in [0.1, 0.15) is 0 Å². The summed E-state index contributed by atoms with van der Waals surface area (Å²) in [6.45, 7) is 3.19. The number of hydrogen-bond donors (Lipinski definition) is 2. The van der Waals surface area contributed by atoms with Crippen molar-refractivity contribution in [3.8, 4) is 0 Å². The number of rotatable bonds is 7. The van der Waals surface area contributed by atoms with Crippen molar-refractivity contribution in [3.05, 3.63) is 63.9 Å². The van der Waals surface area contributed by atoms with Crippen LogP contribution in [-0.2, 0) is 17.8 Å². The van der Waals surface area contributed by atoms with E-state index in [2.05, 4.69) is 40.5 Å². The molecular weight excluding hydrogens is 344 g/mol. The molecule has 4 nitrogen and oxygen atoms in total. The molecule has 5 heteroatoms. The molecule has 1 amide bonds. The molecule has 2 N–H and O–H groups in total. The normalized spacial score (nSPS) is 16.2. The van der Waals surface area contributed by atoms with Crippen molar-refractivity contribution in [1.82, 2.24) is 10.2 Å². The molecule has 138 valence electrons. The molecule has 2 aromatic rings. The van der Waals surface area contributed by atoms with Gasteiger partial charge in [-0.1, -0.05) is 30.3 Å². The van der Waals surface area contributed by atoms with Gasteiger partial charge in [0.2, 0.25) is 5.91 Å². The Morgan fingerprint density at radius 1 is 1.23 bits per heavy atom. The van der Waals surface area contributed by atoms with Gasteiger partial charge < -0.3 is 15.3 Å². The highest BCUT2D eigenvalue weighted by atomic mass is 32.1. The van der Waals surface area contributed by atoms with Crippen LogP contribution in [0, 0.1) is 0 Å². The second kappa shape index (κ2) is 9.67. The van der Waals surface area contributed by atoms with Gasteiger partial charge >= 0.3 is 0 Å². The number of thiophene rings is 1. The third kappa shape index (κ3) is 5.80. The third-order valence-electron chi connectivity index (χ3n) is 4.75. The van der Waals surface area contributed by atoms with Crippen LogP contribution < -0.4 is 5.32 Å². The fourth-order valence-corrected chi connectivity index (χ4v) is 4.00. The quantitative estimate of drug-likeness (QED) is 0.737. The summed E-state index contributed by atoms with van der Waals surface area (Å²) in [5.74, 6) is -0.0355. The summed E-state index contributed by atoms with van der Waals surface area (Å²) >= 11 is 1.53. The first-order valence-corrected chi connectivity index (χ1v) is 10.0. The van der Waals surface area contributed by atoms with Crippen molar-refractivity contribution in [2.75, 3.05) is 19.6 Å². The molecule has 0 bridgehead atoms. The second-order valence-electron chi connectivity index (χ2n) is 6.71. The van der Waals surface area contributed by atoms with Gasteiger partial charge in [0.05, 0.1) is 6.61 Å². The number of nitrogens with zero attached hydrogens (tertiary/aromatic N) is 1. The molecule has 1 saturated heterocycles. The standard InChI is InChI=1S/C21H26N2O2S/c24-15-18-14-20(26-16-18)6-7-21(25)22-19-9-12-23(13-10-19)11-8-17-4-2-1-3-5-17/h1-7,14,16,19,24H,8-13,15H2,(H,22,25)/b7-6+. The van der Waals surface area contributed by atoms with Gasteiger partial charge in [0.25, 0.3) is 0 Å². The maximum Gasteiger partial charge on any atom is 0.244 e. The summed E-state index contributed by atoms with van der Waals surface area (Å²) in [5.41, 5.74) is 2.27. The molecule has 0 spiro atoms. The summed E-state index contributed by atoms with van der Waals surface area (Å²) in [5, 5.41) is 14.1. The van der Waals surface area contributed by atoms with Crippen molar-refractivity contribution in [2.24, 2.45) is 0 Å². The number of amides is 1. The number of piperidine rings is 1. The van der Waals surface area contributed by atoms with Crippen LogP contribution in [0.2, 0.25) is 0 Å². The Morgan fingerprint density at radius 2 is 2.00 bits per heavy atom. The molecule has 1 aromatic carbocycles. The fourth-order valence-electron chi connectivity index (χ4n) is 3.20. The van der Waals surface area contributed by atoms with E-state index in [1.54, 1.807) is 6.08 Å². The van der Waals surface area contributed by atoms with Crippen LogP contribution in [0.25, 0.3) is 6.08 Å². The number of carbonyl (C=O) groups excluding carboxylic acids is 1. The lowest BCUT2D eigenvalue weighted by atomic mass is 10.0. The van der Waals surface area contributed by atoms with Crippen molar-refractivity contribution in [3.63, 3.8) is 0 Å². The van der Waals surface area contributed by atoms with E-state index in [1.807, 2.05) is 17.5 Å². The number of carbonyl (C=O) groups is 1. The zero-order valence-corrected chi connectivity index (χ0v) is 15.8. The predicted octanol–water partition coefficient (Wildman–Crippen LogP) is 3.08. The van der Waals surface area contributed by atoms with Crippen LogP contribution in [0.1, 0.15) is 28.8 Å². The number of aliphatic hydroxyl groups excluding tert-OH is 1. The maximum atomic E-state index is 12.1. The molecule has 1 fully saturated rings. The van der Waals surface area contributed by atoms with E-state index in [9.17, 15) is 4.79 Å². The van der Waals surface area contributed by atoms with Crippen LogP contribution >= 0.6 is 11.3 Å². The van der Waals surface area contributed by atoms with Gasteiger partial charge in [-0.25, -0.2) is 0 Å². The first-order valence-electron chi connectivity index (χ1n) is 9.16. The van der Waals surface area contributed by atoms with Gasteiger partial charge in [-0.2, -0.15) is 0 Å². The molecule has 26 heavy (non-hydrogen) atoms. The van der Waals surface area contributed by atoms with E-state index in [0.717, 1.165) is 49.3 Å². The molecule has 0 aliphatic carbocycles. The SMILES string of the molecule is O=C(/C=C/c1cc(CO)cs1)NC1CCN(CCc2ccccc2)CC1. The Bertz CT molecular complexity index is 719. The van der Waals surface area contributed by atoms with Gasteiger partial charge in [-0.3, -0.25) is 4.79 Å². The van der Waals surface area contributed by atoms with Crippen molar-refractivity contribution in [1.29, 1.82) is 0 Å². The summed E-state index contributed by atoms with van der Waals surface area (Å²) < 4.78 is 0. The average molecular weight is 371 g/mol. The first kappa shape index (κ1) is 18.8. The molecular formula is C21H26N2O2S. The Labute approximate surface area is 159 Å². The number of aliphatic hydroxyl groups is 1. The van der Waals surface area contributed by atoms with Crippen LogP contribution in [-0.4, -0.2) is 41.6 Å². The second-order valence-corrected chi connectivity index (χ2v) is 7.65. The lowest BCUT2D eigenvalue weighted by molar-refractivity contribution is -0.117. The summed E-state index contributed by atoms with van der Waals surface area (Å²) in [4.78, 5) is 15.6. The number of benzene rings is 1. The monoisotopic (exact) mass is 370 g/mol.